The lowest BCUT2D eigenvalue weighted by Gasteiger charge is -2.35. The van der Waals surface area contributed by atoms with Crippen molar-refractivity contribution in [2.24, 2.45) is 0 Å². The van der Waals surface area contributed by atoms with E-state index in [1.165, 1.54) is 24.7 Å². The van der Waals surface area contributed by atoms with Crippen LogP contribution < -0.4 is 10.1 Å². The van der Waals surface area contributed by atoms with Crippen LogP contribution in [0.15, 0.2) is 36.9 Å². The summed E-state index contributed by atoms with van der Waals surface area (Å²) in [6.07, 6.45) is -0.539. The summed E-state index contributed by atoms with van der Waals surface area (Å²) in [5, 5.41) is 34.3. The first-order chi connectivity index (χ1) is 17.8. The normalized spacial score (nSPS) is 18.4. The molecule has 1 fully saturated rings. The van der Waals surface area contributed by atoms with Gasteiger partial charge in [0.15, 0.2) is 18.1 Å². The molecule has 0 saturated carbocycles. The van der Waals surface area contributed by atoms with Crippen LogP contribution in [0.1, 0.15) is 18.5 Å². The number of likely N-dealkylation sites (tertiary alicyclic amines) is 1. The van der Waals surface area contributed by atoms with E-state index in [1.807, 2.05) is 6.07 Å². The highest BCUT2D eigenvalue weighted by molar-refractivity contribution is 5.81. The zero-order chi connectivity index (χ0) is 26.5. The van der Waals surface area contributed by atoms with Crippen LogP contribution in [0.2, 0.25) is 0 Å². The minimum atomic E-state index is -2.79. The van der Waals surface area contributed by atoms with Crippen LogP contribution in [0.3, 0.4) is 0 Å². The first kappa shape index (κ1) is 25.8. The third-order valence-corrected chi connectivity index (χ3v) is 5.52. The van der Waals surface area contributed by atoms with E-state index in [0.717, 1.165) is 11.1 Å². The molecule has 1 aliphatic rings. The zero-order valence-corrected chi connectivity index (χ0v) is 19.1. The number of aliphatic hydroxyl groups is 2. The van der Waals surface area contributed by atoms with Crippen LogP contribution in [-0.2, 0) is 4.79 Å². The lowest BCUT2D eigenvalue weighted by atomic mass is 10.0. The maximum atomic E-state index is 14.7. The predicted octanol–water partition coefficient (Wildman–Crippen LogP) is 1.42. The number of ether oxygens (including phenoxy) is 1. The fraction of sp³-hybridized carbons (Fsp3) is 0.364. The molecule has 4 rings (SSSR count). The quantitative estimate of drug-likeness (QED) is 0.397. The van der Waals surface area contributed by atoms with E-state index in [0.29, 0.717) is 10.2 Å². The van der Waals surface area contributed by atoms with Gasteiger partial charge in [-0.3, -0.25) is 4.79 Å². The van der Waals surface area contributed by atoms with Crippen LogP contribution in [0.25, 0.3) is 11.4 Å². The highest BCUT2D eigenvalue weighted by Crippen LogP contribution is 2.28. The molecule has 3 N–H and O–H groups in total. The summed E-state index contributed by atoms with van der Waals surface area (Å²) in [4.78, 5) is 25.3. The third kappa shape index (κ3) is 5.93. The second-order valence-electron chi connectivity index (χ2n) is 8.01. The number of aromatic nitrogens is 5. The Morgan fingerprint density at radius 2 is 2.16 bits per heavy atom. The zero-order valence-electron chi connectivity index (χ0n) is 19.1. The third-order valence-electron chi connectivity index (χ3n) is 5.52. The van der Waals surface area contributed by atoms with Gasteiger partial charge in [0.05, 0.1) is 36.8 Å². The highest BCUT2D eigenvalue weighted by atomic mass is 19.3. The molecule has 12 nitrogen and oxygen atoms in total. The Bertz CT molecular complexity index is 1300. The number of aliphatic hydroxyl groups excluding tert-OH is 2. The van der Waals surface area contributed by atoms with E-state index in [2.05, 4.69) is 25.4 Å². The summed E-state index contributed by atoms with van der Waals surface area (Å²) in [6, 6.07) is 6.47. The summed E-state index contributed by atoms with van der Waals surface area (Å²) in [6.45, 7) is -3.77. The predicted molar refractivity (Wildman–Crippen MR) is 120 cm³/mol. The van der Waals surface area contributed by atoms with Gasteiger partial charge in [0.25, 0.3) is 5.91 Å². The number of amides is 1. The molecule has 2 aromatic heterocycles. The van der Waals surface area contributed by atoms with Crippen LogP contribution in [0.4, 0.5) is 24.8 Å². The summed E-state index contributed by atoms with van der Waals surface area (Å²) >= 11 is 0. The topological polar surface area (TPSA) is 162 Å². The average molecular weight is 518 g/mol. The number of hydrogen-bond donors (Lipinski definition) is 3. The molecule has 0 spiro atoms. The summed E-state index contributed by atoms with van der Waals surface area (Å²) in [5.41, 5.74) is 0.748. The smallest absolute Gasteiger partial charge is 0.333 e. The molecule has 3 aromatic rings. The number of benzene rings is 1. The Morgan fingerprint density at radius 3 is 2.84 bits per heavy atom. The number of nitrogens with one attached hydrogen (secondary N) is 1. The van der Waals surface area contributed by atoms with E-state index >= 15 is 0 Å². The number of halogens is 3. The minimum absolute atomic E-state index is 0.0607. The molecule has 1 aromatic carbocycles. The van der Waals surface area contributed by atoms with Crippen LogP contribution in [0.5, 0.6) is 5.75 Å². The van der Waals surface area contributed by atoms with Crippen molar-refractivity contribution in [3.8, 4) is 23.2 Å². The minimum Gasteiger partial charge on any atom is -0.486 e. The van der Waals surface area contributed by atoms with Gasteiger partial charge in [0.1, 0.15) is 24.3 Å². The van der Waals surface area contributed by atoms with Gasteiger partial charge in [0.2, 0.25) is 5.95 Å². The van der Waals surface area contributed by atoms with Crippen molar-refractivity contribution < 1.29 is 32.9 Å². The molecule has 15 heteroatoms. The van der Waals surface area contributed by atoms with Crippen molar-refractivity contribution in [2.45, 2.75) is 31.3 Å². The monoisotopic (exact) mass is 518 g/mol. The fourth-order valence-corrected chi connectivity index (χ4v) is 3.66. The Labute approximate surface area is 208 Å². The van der Waals surface area contributed by atoms with Gasteiger partial charge < -0.3 is 25.2 Å². The molecule has 1 saturated heterocycles. The van der Waals surface area contributed by atoms with Gasteiger partial charge in [-0.2, -0.15) is 24.1 Å². The maximum Gasteiger partial charge on any atom is 0.333 e. The molecule has 0 radical (unpaired) electrons. The number of hydrogen-bond acceptors (Lipinski definition) is 10. The number of piperidine rings is 1. The van der Waals surface area contributed by atoms with Crippen molar-refractivity contribution in [1.82, 2.24) is 29.6 Å². The highest BCUT2D eigenvalue weighted by Gasteiger charge is 2.35. The number of nitrogens with zero attached hydrogens (tertiary/aromatic N) is 7. The Hall–Kier alpha value is -4.29. The first-order valence-corrected chi connectivity index (χ1v) is 11.0. The Balaban J connectivity index is 1.46. The number of carbonyl (C=O) groups excluding carboxylic acids is 1. The molecule has 194 valence electrons. The van der Waals surface area contributed by atoms with Gasteiger partial charge >= 0.3 is 6.55 Å². The molecule has 1 aliphatic heterocycles. The molecular formula is C22H21F3N8O4. The molecule has 1 amide bonds. The van der Waals surface area contributed by atoms with E-state index < -0.39 is 37.4 Å². The number of anilines is 2. The molecule has 0 unspecified atom stereocenters. The lowest BCUT2D eigenvalue weighted by molar-refractivity contribution is -0.146. The van der Waals surface area contributed by atoms with Gasteiger partial charge in [-0.1, -0.05) is 0 Å². The van der Waals surface area contributed by atoms with Gasteiger partial charge in [-0.25, -0.2) is 19.0 Å². The summed E-state index contributed by atoms with van der Waals surface area (Å²) in [5.74, 6) is -0.398. The van der Waals surface area contributed by atoms with Crippen molar-refractivity contribution in [2.75, 3.05) is 25.0 Å². The average Bonchev–Trinajstić information content (AvgIpc) is 3.38. The number of carbonyl (C=O) groups is 1. The van der Waals surface area contributed by atoms with Crippen LogP contribution in [0, 0.1) is 11.3 Å². The van der Waals surface area contributed by atoms with Gasteiger partial charge in [-0.05, 0) is 18.2 Å². The SMILES string of the molecule is N#Cc1cc(-c2ncnc(Nc3cnn(C(F)F)c3)n2)ccc1O[C@H]1CCN(C(=O)[C@@H](O)CO)C[C@@H]1F. The van der Waals surface area contributed by atoms with E-state index in [-0.39, 0.29) is 48.3 Å². The Morgan fingerprint density at radius 1 is 1.35 bits per heavy atom. The van der Waals surface area contributed by atoms with Gasteiger partial charge in [0, 0.05) is 18.5 Å². The summed E-state index contributed by atoms with van der Waals surface area (Å²) < 4.78 is 46.4. The second-order valence-corrected chi connectivity index (χ2v) is 8.01. The van der Waals surface area contributed by atoms with Crippen molar-refractivity contribution in [1.29, 1.82) is 5.26 Å². The Kier molecular flexibility index (Phi) is 7.80. The number of alkyl halides is 3. The van der Waals surface area contributed by atoms with E-state index in [9.17, 15) is 28.3 Å². The summed E-state index contributed by atoms with van der Waals surface area (Å²) in [7, 11) is 0. The van der Waals surface area contributed by atoms with E-state index in [1.54, 1.807) is 6.07 Å². The second kappa shape index (κ2) is 11.2. The molecule has 37 heavy (non-hydrogen) atoms. The largest absolute Gasteiger partial charge is 0.486 e. The molecule has 3 atom stereocenters. The number of rotatable bonds is 8. The molecule has 3 heterocycles. The van der Waals surface area contributed by atoms with Crippen LogP contribution >= 0.6 is 0 Å². The molecule has 0 bridgehead atoms. The molecule has 0 aliphatic carbocycles. The fourth-order valence-electron chi connectivity index (χ4n) is 3.66. The first-order valence-electron chi connectivity index (χ1n) is 11.0. The van der Waals surface area contributed by atoms with Gasteiger partial charge in [-0.15, -0.1) is 0 Å². The lowest BCUT2D eigenvalue weighted by Crippen LogP contribution is -2.52. The van der Waals surface area contributed by atoms with Crippen molar-refractivity contribution in [3.05, 3.63) is 42.5 Å². The van der Waals surface area contributed by atoms with Crippen molar-refractivity contribution >= 4 is 17.5 Å². The maximum absolute atomic E-state index is 14.7. The molecular weight excluding hydrogens is 497 g/mol. The standard InChI is InChI=1S/C22H21F3N8O4/c23-15-9-32(20(36)16(35)10-34)4-3-18(15)37-17-2-1-12(5-13(17)6-26)19-27-11-28-22(31-19)30-14-7-29-33(8-14)21(24)25/h1-2,5,7-8,11,15-16,18,21,34-35H,3-4,9-10H2,(H,27,28,30,31)/t15-,16-,18-/m0/s1. The number of nitriles is 1. The van der Waals surface area contributed by atoms with Crippen molar-refractivity contribution in [3.63, 3.8) is 0 Å². The van der Waals surface area contributed by atoms with Crippen LogP contribution in [-0.4, -0.2) is 83.8 Å². The van der Waals surface area contributed by atoms with E-state index in [4.69, 9.17) is 9.84 Å².